The van der Waals surface area contributed by atoms with Crippen LogP contribution in [0.3, 0.4) is 0 Å². The van der Waals surface area contributed by atoms with Crippen molar-refractivity contribution in [2.75, 3.05) is 45.8 Å². The van der Waals surface area contributed by atoms with E-state index in [1.807, 2.05) is 0 Å². The van der Waals surface area contributed by atoms with Crippen LogP contribution in [-0.2, 0) is 9.59 Å². The summed E-state index contributed by atoms with van der Waals surface area (Å²) in [7, 11) is 0. The first-order valence-corrected chi connectivity index (χ1v) is 5.68. The monoisotopic (exact) mass is 228 g/mol. The number of carbonyl (C=O) groups excluding carboxylic acids is 2. The molecule has 6 nitrogen and oxygen atoms in total. The first kappa shape index (κ1) is 12.9. The van der Waals surface area contributed by atoms with Gasteiger partial charge in [-0.1, -0.05) is 6.92 Å². The van der Waals surface area contributed by atoms with Gasteiger partial charge in [0.2, 0.25) is 0 Å². The van der Waals surface area contributed by atoms with Crippen LogP contribution in [0.5, 0.6) is 0 Å². The van der Waals surface area contributed by atoms with Gasteiger partial charge in [-0.15, -0.1) is 0 Å². The lowest BCUT2D eigenvalue weighted by Crippen LogP contribution is -2.52. The van der Waals surface area contributed by atoms with Gasteiger partial charge in [0, 0.05) is 39.3 Å². The summed E-state index contributed by atoms with van der Waals surface area (Å²) in [6, 6.07) is 0. The second kappa shape index (κ2) is 6.44. The fourth-order valence-electron chi connectivity index (χ4n) is 1.67. The predicted molar refractivity (Wildman–Crippen MR) is 60.8 cm³/mol. The minimum absolute atomic E-state index is 0.347. The van der Waals surface area contributed by atoms with Gasteiger partial charge in [-0.05, 0) is 6.54 Å². The fraction of sp³-hybridized carbons (Fsp3) is 0.800. The summed E-state index contributed by atoms with van der Waals surface area (Å²) < 4.78 is 0. The van der Waals surface area contributed by atoms with E-state index in [-0.39, 0.29) is 0 Å². The molecule has 3 N–H and O–H groups in total. The van der Waals surface area contributed by atoms with Crippen LogP contribution in [0.4, 0.5) is 0 Å². The Balaban J connectivity index is 2.35. The van der Waals surface area contributed by atoms with Gasteiger partial charge in [0.15, 0.2) is 0 Å². The van der Waals surface area contributed by atoms with Crippen molar-refractivity contribution in [2.45, 2.75) is 6.92 Å². The van der Waals surface area contributed by atoms with E-state index in [2.05, 4.69) is 17.1 Å². The maximum atomic E-state index is 11.7. The third-order valence-corrected chi connectivity index (χ3v) is 2.73. The van der Waals surface area contributed by atoms with Crippen molar-refractivity contribution in [1.29, 1.82) is 0 Å². The topological polar surface area (TPSA) is 78.7 Å². The van der Waals surface area contributed by atoms with Gasteiger partial charge in [-0.3, -0.25) is 9.59 Å². The number of rotatable bonds is 3. The molecule has 0 aromatic rings. The molecule has 2 amide bonds. The molecule has 0 aliphatic carbocycles. The molecule has 1 fully saturated rings. The van der Waals surface area contributed by atoms with E-state index in [0.717, 1.165) is 19.6 Å². The number of nitrogens with zero attached hydrogens (tertiary/aromatic N) is 2. The van der Waals surface area contributed by atoms with Gasteiger partial charge in [0.25, 0.3) is 0 Å². The van der Waals surface area contributed by atoms with Gasteiger partial charge in [0.1, 0.15) is 0 Å². The molecular formula is C10H20N4O2. The van der Waals surface area contributed by atoms with Crippen molar-refractivity contribution in [1.82, 2.24) is 15.1 Å². The molecule has 0 bridgehead atoms. The van der Waals surface area contributed by atoms with Crippen molar-refractivity contribution in [3.63, 3.8) is 0 Å². The smallest absolute Gasteiger partial charge is 0.311 e. The molecule has 1 aliphatic heterocycles. The molecule has 0 unspecified atom stereocenters. The van der Waals surface area contributed by atoms with E-state index in [9.17, 15) is 9.59 Å². The summed E-state index contributed by atoms with van der Waals surface area (Å²) in [4.78, 5) is 26.9. The highest BCUT2D eigenvalue weighted by molar-refractivity contribution is 6.35. The number of nitrogens with one attached hydrogen (secondary N) is 1. The molecule has 16 heavy (non-hydrogen) atoms. The molecule has 1 aliphatic rings. The Morgan fingerprint density at radius 2 is 1.88 bits per heavy atom. The second-order valence-corrected chi connectivity index (χ2v) is 3.77. The molecule has 0 saturated carbocycles. The highest BCUT2D eigenvalue weighted by atomic mass is 16.2. The maximum Gasteiger partial charge on any atom is 0.311 e. The van der Waals surface area contributed by atoms with Crippen molar-refractivity contribution >= 4 is 11.8 Å². The highest BCUT2D eigenvalue weighted by Gasteiger charge is 2.24. The molecule has 1 saturated heterocycles. The number of likely N-dealkylation sites (N-methyl/N-ethyl adjacent to an activating group) is 1. The second-order valence-electron chi connectivity index (χ2n) is 3.77. The highest BCUT2D eigenvalue weighted by Crippen LogP contribution is 2.01. The van der Waals surface area contributed by atoms with Gasteiger partial charge < -0.3 is 20.9 Å². The summed E-state index contributed by atoms with van der Waals surface area (Å²) in [5.74, 6) is -0.986. The van der Waals surface area contributed by atoms with Crippen molar-refractivity contribution in [3.8, 4) is 0 Å². The third-order valence-electron chi connectivity index (χ3n) is 2.73. The van der Waals surface area contributed by atoms with E-state index in [4.69, 9.17) is 5.73 Å². The Morgan fingerprint density at radius 1 is 1.25 bits per heavy atom. The average Bonchev–Trinajstić information content (AvgIpc) is 2.35. The zero-order valence-electron chi connectivity index (χ0n) is 9.74. The Kier molecular flexibility index (Phi) is 5.21. The lowest BCUT2D eigenvalue weighted by molar-refractivity contribution is -0.146. The minimum Gasteiger partial charge on any atom is -0.347 e. The molecule has 92 valence electrons. The number of hydrogen-bond acceptors (Lipinski definition) is 4. The Morgan fingerprint density at radius 3 is 2.38 bits per heavy atom. The molecule has 0 atom stereocenters. The van der Waals surface area contributed by atoms with E-state index in [1.54, 1.807) is 4.90 Å². The quantitative estimate of drug-likeness (QED) is 0.560. The minimum atomic E-state index is -0.546. The van der Waals surface area contributed by atoms with Crippen LogP contribution >= 0.6 is 0 Å². The standard InChI is InChI=1S/C10H20N4O2/c1-2-13-5-7-14(8-6-13)10(16)9(15)12-4-3-11/h2-8,11H2,1H3,(H,12,15). The zero-order chi connectivity index (χ0) is 12.0. The van der Waals surface area contributed by atoms with Crippen LogP contribution in [0.15, 0.2) is 0 Å². The van der Waals surface area contributed by atoms with Crippen LogP contribution in [0.1, 0.15) is 6.92 Å². The van der Waals surface area contributed by atoms with E-state index in [1.165, 1.54) is 0 Å². The van der Waals surface area contributed by atoms with E-state index in [0.29, 0.717) is 26.2 Å². The molecule has 1 heterocycles. The predicted octanol–water partition coefficient (Wildman–Crippen LogP) is -1.77. The summed E-state index contributed by atoms with van der Waals surface area (Å²) in [5, 5.41) is 2.49. The van der Waals surface area contributed by atoms with E-state index < -0.39 is 11.8 Å². The molecule has 0 radical (unpaired) electrons. The first-order valence-electron chi connectivity index (χ1n) is 5.68. The van der Waals surface area contributed by atoms with Gasteiger partial charge in [-0.25, -0.2) is 0 Å². The van der Waals surface area contributed by atoms with Gasteiger partial charge in [-0.2, -0.15) is 0 Å². The molecule has 1 rings (SSSR count). The largest absolute Gasteiger partial charge is 0.347 e. The van der Waals surface area contributed by atoms with Crippen LogP contribution < -0.4 is 11.1 Å². The molecule has 0 aromatic heterocycles. The Labute approximate surface area is 95.8 Å². The lowest BCUT2D eigenvalue weighted by Gasteiger charge is -2.33. The number of carbonyl (C=O) groups is 2. The molecule has 6 heteroatoms. The van der Waals surface area contributed by atoms with Crippen LogP contribution in [-0.4, -0.2) is 67.4 Å². The summed E-state index contributed by atoms with van der Waals surface area (Å²) in [6.45, 7) is 6.71. The maximum absolute atomic E-state index is 11.7. The van der Waals surface area contributed by atoms with Crippen LogP contribution in [0, 0.1) is 0 Å². The third kappa shape index (κ3) is 3.46. The van der Waals surface area contributed by atoms with Crippen LogP contribution in [0.2, 0.25) is 0 Å². The molecule has 0 aromatic carbocycles. The van der Waals surface area contributed by atoms with Crippen molar-refractivity contribution in [2.24, 2.45) is 5.73 Å². The van der Waals surface area contributed by atoms with Crippen LogP contribution in [0.25, 0.3) is 0 Å². The van der Waals surface area contributed by atoms with Gasteiger partial charge in [0.05, 0.1) is 0 Å². The van der Waals surface area contributed by atoms with Crippen molar-refractivity contribution < 1.29 is 9.59 Å². The lowest BCUT2D eigenvalue weighted by atomic mass is 10.3. The fourth-order valence-corrected chi connectivity index (χ4v) is 1.67. The summed E-state index contributed by atoms with van der Waals surface area (Å²) in [5.41, 5.74) is 5.25. The number of hydrogen-bond donors (Lipinski definition) is 2. The first-order chi connectivity index (χ1) is 7.69. The normalized spacial score (nSPS) is 17.2. The molecular weight excluding hydrogens is 208 g/mol. The van der Waals surface area contributed by atoms with E-state index >= 15 is 0 Å². The summed E-state index contributed by atoms with van der Waals surface area (Å²) in [6.07, 6.45) is 0. The number of piperazine rings is 1. The SMILES string of the molecule is CCN1CCN(C(=O)C(=O)NCCN)CC1. The molecule has 0 spiro atoms. The number of amides is 2. The Hall–Kier alpha value is -1.14. The zero-order valence-corrected chi connectivity index (χ0v) is 9.74. The van der Waals surface area contributed by atoms with Gasteiger partial charge >= 0.3 is 11.8 Å². The average molecular weight is 228 g/mol. The Bertz CT molecular complexity index is 249. The van der Waals surface area contributed by atoms with Crippen molar-refractivity contribution in [3.05, 3.63) is 0 Å². The summed E-state index contributed by atoms with van der Waals surface area (Å²) >= 11 is 0. The number of nitrogens with two attached hydrogens (primary N) is 1.